The summed E-state index contributed by atoms with van der Waals surface area (Å²) >= 11 is 0. The maximum Gasteiger partial charge on any atom is 0.409 e. The molecule has 0 aliphatic carbocycles. The number of carbonyl (C=O) groups is 3. The molecular weight excluding hydrogens is 486 g/mol. The molecule has 0 N–H and O–H groups in total. The summed E-state index contributed by atoms with van der Waals surface area (Å²) in [5.74, 6) is 0.643. The molecule has 0 saturated carbocycles. The molecule has 3 aliphatic rings. The van der Waals surface area contributed by atoms with E-state index in [1.54, 1.807) is 11.8 Å². The van der Waals surface area contributed by atoms with Gasteiger partial charge in [-0.3, -0.25) is 9.59 Å². The Hall–Kier alpha value is -3.75. The van der Waals surface area contributed by atoms with Crippen LogP contribution >= 0.6 is 0 Å². The fraction of sp³-hybridized carbons (Fsp3) is 0.483. The molecule has 0 spiro atoms. The van der Waals surface area contributed by atoms with Gasteiger partial charge in [-0.15, -0.1) is 0 Å². The molecule has 0 unspecified atom stereocenters. The van der Waals surface area contributed by atoms with Crippen molar-refractivity contribution in [3.8, 4) is 11.5 Å². The Kier molecular flexibility index (Phi) is 7.44. The Morgan fingerprint density at radius 2 is 1.50 bits per heavy atom. The number of fused-ring (bicyclic) bond motifs is 4. The zero-order valence-electron chi connectivity index (χ0n) is 22.3. The van der Waals surface area contributed by atoms with Crippen molar-refractivity contribution < 1.29 is 28.6 Å². The van der Waals surface area contributed by atoms with Crippen molar-refractivity contribution >= 4 is 17.9 Å². The van der Waals surface area contributed by atoms with E-state index >= 15 is 0 Å². The van der Waals surface area contributed by atoms with Gasteiger partial charge in [0, 0.05) is 38.3 Å². The molecular formula is C29H35N3O6. The van der Waals surface area contributed by atoms with Gasteiger partial charge in [0.15, 0.2) is 11.5 Å². The molecule has 3 amide bonds. The van der Waals surface area contributed by atoms with Crippen molar-refractivity contribution in [1.29, 1.82) is 0 Å². The Labute approximate surface area is 223 Å². The minimum atomic E-state index is -0.565. The van der Waals surface area contributed by atoms with Crippen molar-refractivity contribution in [2.24, 2.45) is 0 Å². The number of rotatable bonds is 6. The number of piperazine rings is 1. The van der Waals surface area contributed by atoms with E-state index in [1.807, 2.05) is 60.0 Å². The molecule has 38 heavy (non-hydrogen) atoms. The Morgan fingerprint density at radius 3 is 2.18 bits per heavy atom. The van der Waals surface area contributed by atoms with Gasteiger partial charge in [-0.2, -0.15) is 0 Å². The summed E-state index contributed by atoms with van der Waals surface area (Å²) in [6, 6.07) is 10.9. The third kappa shape index (κ3) is 4.54. The monoisotopic (exact) mass is 521 g/mol. The summed E-state index contributed by atoms with van der Waals surface area (Å²) in [5.41, 5.74) is 3.31. The maximum atomic E-state index is 14.3. The zero-order valence-corrected chi connectivity index (χ0v) is 22.3. The Bertz CT molecular complexity index is 1220. The Balaban J connectivity index is 1.54. The van der Waals surface area contributed by atoms with Gasteiger partial charge in [0.1, 0.15) is 0 Å². The summed E-state index contributed by atoms with van der Waals surface area (Å²) in [6.45, 7) is 9.11. The number of carbonyl (C=O) groups excluding carboxylic acids is 3. The van der Waals surface area contributed by atoms with Crippen molar-refractivity contribution in [3.05, 3.63) is 58.7 Å². The van der Waals surface area contributed by atoms with Crippen molar-refractivity contribution in [2.75, 3.05) is 52.5 Å². The van der Waals surface area contributed by atoms with E-state index in [9.17, 15) is 14.4 Å². The Morgan fingerprint density at radius 1 is 0.842 bits per heavy atom. The fourth-order valence-corrected chi connectivity index (χ4v) is 5.86. The normalized spacial score (nSPS) is 20.3. The third-order valence-corrected chi connectivity index (χ3v) is 7.57. The van der Waals surface area contributed by atoms with Crippen LogP contribution in [0.5, 0.6) is 11.5 Å². The molecule has 9 heteroatoms. The van der Waals surface area contributed by atoms with Crippen LogP contribution in [0.25, 0.3) is 0 Å². The van der Waals surface area contributed by atoms with E-state index in [2.05, 4.69) is 0 Å². The number of ether oxygens (including phenoxy) is 3. The van der Waals surface area contributed by atoms with Gasteiger partial charge < -0.3 is 28.9 Å². The lowest BCUT2D eigenvalue weighted by Crippen LogP contribution is -2.55. The second kappa shape index (κ2) is 10.9. The molecule has 1 fully saturated rings. The second-order valence-electron chi connectivity index (χ2n) is 9.63. The van der Waals surface area contributed by atoms with Gasteiger partial charge in [-0.25, -0.2) is 4.79 Å². The molecule has 202 valence electrons. The first-order valence-corrected chi connectivity index (χ1v) is 13.5. The van der Waals surface area contributed by atoms with E-state index < -0.39 is 12.0 Å². The maximum absolute atomic E-state index is 14.3. The minimum Gasteiger partial charge on any atom is -0.490 e. The molecule has 5 rings (SSSR count). The molecule has 2 aromatic carbocycles. The van der Waals surface area contributed by atoms with Crippen LogP contribution < -0.4 is 9.47 Å². The summed E-state index contributed by atoms with van der Waals surface area (Å²) in [4.78, 5) is 45.4. The highest BCUT2D eigenvalue weighted by atomic mass is 16.6. The highest BCUT2D eigenvalue weighted by molar-refractivity contribution is 6.01. The summed E-state index contributed by atoms with van der Waals surface area (Å²) < 4.78 is 16.9. The van der Waals surface area contributed by atoms with Gasteiger partial charge in [-0.1, -0.05) is 18.2 Å². The lowest BCUT2D eigenvalue weighted by atomic mass is 9.75. The van der Waals surface area contributed by atoms with Crippen LogP contribution in [-0.2, 0) is 16.0 Å². The topological polar surface area (TPSA) is 88.6 Å². The molecule has 0 aromatic heterocycles. The quantitative estimate of drug-likeness (QED) is 0.577. The standard InChI is InChI=1S/C29H35N3O6/c1-4-36-23-17-19-11-12-32-26(22(19)18-24(23)37-5-2)25(20-9-7-8-10-21(20)27(32)33)28(34)30-13-15-31(16-14-30)29(35)38-6-3/h7-10,17-18,25-26H,4-6,11-16H2,1-3H3/t25-,26+/m1/s1. The first-order valence-electron chi connectivity index (χ1n) is 13.5. The molecule has 3 aliphatic heterocycles. The van der Waals surface area contributed by atoms with E-state index in [1.165, 1.54) is 0 Å². The van der Waals surface area contributed by atoms with E-state index in [-0.39, 0.29) is 17.9 Å². The lowest BCUT2D eigenvalue weighted by Gasteiger charge is -2.47. The number of nitrogens with zero attached hydrogens (tertiary/aromatic N) is 3. The highest BCUT2D eigenvalue weighted by Gasteiger charge is 2.48. The fourth-order valence-electron chi connectivity index (χ4n) is 5.86. The predicted octanol–water partition coefficient (Wildman–Crippen LogP) is 3.62. The first kappa shape index (κ1) is 25.9. The molecule has 0 radical (unpaired) electrons. The van der Waals surface area contributed by atoms with E-state index in [0.717, 1.165) is 16.7 Å². The van der Waals surface area contributed by atoms with Crippen LogP contribution in [0.15, 0.2) is 36.4 Å². The van der Waals surface area contributed by atoms with Gasteiger partial charge >= 0.3 is 6.09 Å². The van der Waals surface area contributed by atoms with Gasteiger partial charge in [0.05, 0.1) is 31.8 Å². The van der Waals surface area contributed by atoms with Crippen LogP contribution in [0.4, 0.5) is 4.79 Å². The number of benzene rings is 2. The molecule has 3 heterocycles. The van der Waals surface area contributed by atoms with E-state index in [0.29, 0.717) is 76.0 Å². The van der Waals surface area contributed by atoms with Crippen LogP contribution in [0, 0.1) is 0 Å². The van der Waals surface area contributed by atoms with E-state index in [4.69, 9.17) is 14.2 Å². The third-order valence-electron chi connectivity index (χ3n) is 7.57. The molecule has 2 aromatic rings. The largest absolute Gasteiger partial charge is 0.490 e. The summed E-state index contributed by atoms with van der Waals surface area (Å²) in [7, 11) is 0. The van der Waals surface area contributed by atoms with Gasteiger partial charge in [0.2, 0.25) is 5.91 Å². The SMILES string of the molecule is CCOC(=O)N1CCN(C(=O)[C@@H]2c3ccccc3C(=O)N3CCc4cc(OCC)c(OCC)cc4[C@@H]23)CC1. The molecule has 0 bridgehead atoms. The first-order chi connectivity index (χ1) is 18.5. The van der Waals surface area contributed by atoms with Crippen LogP contribution in [0.2, 0.25) is 0 Å². The molecule has 2 atom stereocenters. The predicted molar refractivity (Wildman–Crippen MR) is 141 cm³/mol. The second-order valence-corrected chi connectivity index (χ2v) is 9.63. The number of hydrogen-bond acceptors (Lipinski definition) is 6. The zero-order chi connectivity index (χ0) is 26.8. The van der Waals surface area contributed by atoms with Crippen molar-refractivity contribution in [3.63, 3.8) is 0 Å². The molecule has 1 saturated heterocycles. The van der Waals surface area contributed by atoms with Crippen LogP contribution in [0.1, 0.15) is 59.8 Å². The minimum absolute atomic E-state index is 0.0387. The van der Waals surface area contributed by atoms with Crippen LogP contribution in [0.3, 0.4) is 0 Å². The summed E-state index contributed by atoms with van der Waals surface area (Å²) in [5, 5.41) is 0. The van der Waals surface area contributed by atoms with Crippen LogP contribution in [-0.4, -0.2) is 85.2 Å². The average Bonchev–Trinajstić information content (AvgIpc) is 2.94. The summed E-state index contributed by atoms with van der Waals surface area (Å²) in [6.07, 6.45) is 0.319. The smallest absolute Gasteiger partial charge is 0.409 e. The lowest BCUT2D eigenvalue weighted by molar-refractivity contribution is -0.136. The highest BCUT2D eigenvalue weighted by Crippen LogP contribution is 2.49. The van der Waals surface area contributed by atoms with Gasteiger partial charge in [0.25, 0.3) is 5.91 Å². The van der Waals surface area contributed by atoms with Crippen molar-refractivity contribution in [1.82, 2.24) is 14.7 Å². The number of amides is 3. The molecule has 9 nitrogen and oxygen atoms in total. The van der Waals surface area contributed by atoms with Gasteiger partial charge in [-0.05, 0) is 62.1 Å². The average molecular weight is 522 g/mol. The van der Waals surface area contributed by atoms with Crippen molar-refractivity contribution in [2.45, 2.75) is 39.2 Å². The number of hydrogen-bond donors (Lipinski definition) is 0.